The van der Waals surface area contributed by atoms with Crippen molar-refractivity contribution in [3.63, 3.8) is 0 Å². The summed E-state index contributed by atoms with van der Waals surface area (Å²) in [6, 6.07) is 0. The van der Waals surface area contributed by atoms with E-state index in [1.807, 2.05) is 20.8 Å². The second kappa shape index (κ2) is 4.34. The topological polar surface area (TPSA) is 38.3 Å². The van der Waals surface area contributed by atoms with E-state index in [1.54, 1.807) is 0 Å². The first-order valence-corrected chi connectivity index (χ1v) is 3.99. The quantitative estimate of drug-likeness (QED) is 0.618. The molecule has 1 heterocycles. The van der Waals surface area contributed by atoms with Crippen LogP contribution in [0.25, 0.3) is 0 Å². The van der Waals surface area contributed by atoms with Crippen LogP contribution in [0.4, 0.5) is 0 Å². The number of rotatable bonds is 1. The van der Waals surface area contributed by atoms with E-state index in [9.17, 15) is 4.79 Å². The SMILES string of the molecule is CC.CC(=O)NC1(C)COC1. The van der Waals surface area contributed by atoms with Crippen LogP contribution >= 0.6 is 0 Å². The van der Waals surface area contributed by atoms with Crippen molar-refractivity contribution >= 4 is 5.91 Å². The van der Waals surface area contributed by atoms with Gasteiger partial charge in [-0.15, -0.1) is 0 Å². The molecule has 3 heteroatoms. The van der Waals surface area contributed by atoms with Gasteiger partial charge in [0.1, 0.15) is 0 Å². The second-order valence-corrected chi connectivity index (χ2v) is 2.73. The zero-order valence-electron chi connectivity index (χ0n) is 7.73. The van der Waals surface area contributed by atoms with E-state index in [1.165, 1.54) is 6.92 Å². The van der Waals surface area contributed by atoms with Crippen molar-refractivity contribution in [2.75, 3.05) is 13.2 Å². The van der Waals surface area contributed by atoms with Gasteiger partial charge in [0.15, 0.2) is 0 Å². The standard InChI is InChI=1S/C6H11NO2.C2H6/c1-5(8)7-6(2)3-9-4-6;1-2/h3-4H2,1-2H3,(H,7,8);1-2H3. The minimum Gasteiger partial charge on any atom is -0.376 e. The van der Waals surface area contributed by atoms with Crippen LogP contribution in [0.15, 0.2) is 0 Å². The van der Waals surface area contributed by atoms with Crippen LogP contribution in [0.2, 0.25) is 0 Å². The Bertz CT molecular complexity index is 130. The fraction of sp³-hybridized carbons (Fsp3) is 0.875. The number of ether oxygens (including phenoxy) is 1. The lowest BCUT2D eigenvalue weighted by Gasteiger charge is -2.38. The maximum atomic E-state index is 10.5. The molecule has 1 fully saturated rings. The van der Waals surface area contributed by atoms with E-state index in [-0.39, 0.29) is 11.4 Å². The van der Waals surface area contributed by atoms with Crippen LogP contribution in [0.5, 0.6) is 0 Å². The molecule has 0 radical (unpaired) electrons. The van der Waals surface area contributed by atoms with Gasteiger partial charge in [0, 0.05) is 6.92 Å². The Balaban J connectivity index is 0.000000461. The third-order valence-corrected chi connectivity index (χ3v) is 1.32. The fourth-order valence-corrected chi connectivity index (χ4v) is 0.905. The van der Waals surface area contributed by atoms with Gasteiger partial charge in [0.2, 0.25) is 5.91 Å². The van der Waals surface area contributed by atoms with Crippen molar-refractivity contribution in [3.8, 4) is 0 Å². The molecule has 11 heavy (non-hydrogen) atoms. The Morgan fingerprint density at radius 3 is 2.00 bits per heavy atom. The predicted molar refractivity (Wildman–Crippen MR) is 44.4 cm³/mol. The van der Waals surface area contributed by atoms with Gasteiger partial charge in [-0.3, -0.25) is 4.79 Å². The lowest BCUT2D eigenvalue weighted by atomic mass is 10.0. The van der Waals surface area contributed by atoms with Gasteiger partial charge in [-0.25, -0.2) is 0 Å². The zero-order chi connectivity index (χ0) is 8.91. The Labute approximate surface area is 68.1 Å². The summed E-state index contributed by atoms with van der Waals surface area (Å²) in [6.45, 7) is 8.78. The largest absolute Gasteiger partial charge is 0.376 e. The predicted octanol–water partition coefficient (Wildman–Crippen LogP) is 0.938. The Morgan fingerprint density at radius 1 is 1.45 bits per heavy atom. The van der Waals surface area contributed by atoms with Gasteiger partial charge >= 0.3 is 0 Å². The van der Waals surface area contributed by atoms with E-state index in [0.29, 0.717) is 13.2 Å². The van der Waals surface area contributed by atoms with Gasteiger partial charge in [-0.05, 0) is 6.92 Å². The molecule has 1 N–H and O–H groups in total. The molecular formula is C8H17NO2. The summed E-state index contributed by atoms with van der Waals surface area (Å²) in [5.74, 6) is 0.0146. The van der Waals surface area contributed by atoms with E-state index in [0.717, 1.165) is 0 Å². The first-order valence-electron chi connectivity index (χ1n) is 3.99. The van der Waals surface area contributed by atoms with Crippen LogP contribution in [-0.4, -0.2) is 24.7 Å². The normalized spacial score (nSPS) is 18.9. The summed E-state index contributed by atoms with van der Waals surface area (Å²) in [5.41, 5.74) is -0.0775. The minimum atomic E-state index is -0.0775. The molecule has 0 unspecified atom stereocenters. The van der Waals surface area contributed by atoms with Crippen LogP contribution in [0, 0.1) is 0 Å². The highest BCUT2D eigenvalue weighted by atomic mass is 16.5. The highest BCUT2D eigenvalue weighted by molar-refractivity contribution is 5.73. The van der Waals surface area contributed by atoms with Gasteiger partial charge in [0.05, 0.1) is 18.8 Å². The molecule has 3 nitrogen and oxygen atoms in total. The number of carbonyl (C=O) groups is 1. The Morgan fingerprint density at radius 2 is 1.91 bits per heavy atom. The van der Waals surface area contributed by atoms with Crippen LogP contribution in [0.3, 0.4) is 0 Å². The number of carbonyl (C=O) groups excluding carboxylic acids is 1. The van der Waals surface area contributed by atoms with Gasteiger partial charge < -0.3 is 10.1 Å². The first kappa shape index (κ1) is 10.4. The molecule has 0 aromatic carbocycles. The Hall–Kier alpha value is -0.570. The smallest absolute Gasteiger partial charge is 0.217 e. The molecule has 1 aliphatic rings. The number of nitrogens with one attached hydrogen (secondary N) is 1. The summed E-state index contributed by atoms with van der Waals surface area (Å²) >= 11 is 0. The number of hydrogen-bond donors (Lipinski definition) is 1. The van der Waals surface area contributed by atoms with Crippen molar-refractivity contribution in [2.24, 2.45) is 0 Å². The molecule has 0 aromatic rings. The third kappa shape index (κ3) is 3.37. The molecule has 0 saturated carbocycles. The summed E-state index contributed by atoms with van der Waals surface area (Å²) in [6.07, 6.45) is 0. The lowest BCUT2D eigenvalue weighted by Crippen LogP contribution is -2.59. The van der Waals surface area contributed by atoms with E-state index >= 15 is 0 Å². The highest BCUT2D eigenvalue weighted by Gasteiger charge is 2.33. The van der Waals surface area contributed by atoms with Gasteiger partial charge in [0.25, 0.3) is 0 Å². The van der Waals surface area contributed by atoms with Crippen LogP contribution in [0.1, 0.15) is 27.7 Å². The molecule has 0 aliphatic carbocycles. The average molecular weight is 159 g/mol. The van der Waals surface area contributed by atoms with Gasteiger partial charge in [-0.2, -0.15) is 0 Å². The lowest BCUT2D eigenvalue weighted by molar-refractivity contribution is -0.128. The number of amides is 1. The van der Waals surface area contributed by atoms with E-state index in [4.69, 9.17) is 4.74 Å². The van der Waals surface area contributed by atoms with Crippen LogP contribution < -0.4 is 5.32 Å². The zero-order valence-corrected chi connectivity index (χ0v) is 7.73. The molecular weight excluding hydrogens is 142 g/mol. The summed E-state index contributed by atoms with van der Waals surface area (Å²) in [4.78, 5) is 10.5. The molecule has 1 saturated heterocycles. The summed E-state index contributed by atoms with van der Waals surface area (Å²) in [7, 11) is 0. The van der Waals surface area contributed by atoms with E-state index < -0.39 is 0 Å². The third-order valence-electron chi connectivity index (χ3n) is 1.32. The maximum Gasteiger partial charge on any atom is 0.217 e. The van der Waals surface area contributed by atoms with Crippen molar-refractivity contribution in [1.82, 2.24) is 5.32 Å². The van der Waals surface area contributed by atoms with E-state index in [2.05, 4.69) is 5.32 Å². The first-order chi connectivity index (χ1) is 5.12. The second-order valence-electron chi connectivity index (χ2n) is 2.73. The van der Waals surface area contributed by atoms with Crippen molar-refractivity contribution < 1.29 is 9.53 Å². The van der Waals surface area contributed by atoms with Crippen molar-refractivity contribution in [3.05, 3.63) is 0 Å². The average Bonchev–Trinajstić information content (AvgIpc) is 1.88. The summed E-state index contributed by atoms with van der Waals surface area (Å²) < 4.78 is 4.92. The monoisotopic (exact) mass is 159 g/mol. The maximum absolute atomic E-state index is 10.5. The molecule has 0 spiro atoms. The van der Waals surface area contributed by atoms with Gasteiger partial charge in [-0.1, -0.05) is 13.8 Å². The van der Waals surface area contributed by atoms with Crippen molar-refractivity contribution in [2.45, 2.75) is 33.2 Å². The molecule has 1 aliphatic heterocycles. The number of hydrogen-bond acceptors (Lipinski definition) is 2. The molecule has 1 rings (SSSR count). The minimum absolute atomic E-state index is 0.0146. The van der Waals surface area contributed by atoms with Crippen molar-refractivity contribution in [1.29, 1.82) is 0 Å². The molecule has 1 amide bonds. The summed E-state index contributed by atoms with van der Waals surface area (Å²) in [5, 5.41) is 2.79. The van der Waals surface area contributed by atoms with Crippen LogP contribution in [-0.2, 0) is 9.53 Å². The molecule has 66 valence electrons. The highest BCUT2D eigenvalue weighted by Crippen LogP contribution is 2.14. The molecule has 0 aromatic heterocycles. The Kier molecular flexibility index (Phi) is 4.11. The molecule has 0 bridgehead atoms. The fourth-order valence-electron chi connectivity index (χ4n) is 0.905. The molecule has 0 atom stereocenters.